The summed E-state index contributed by atoms with van der Waals surface area (Å²) in [5.41, 5.74) is 33.2. The molecule has 20 aromatic carbocycles. The number of anilines is 21. The fourth-order valence-electron chi connectivity index (χ4n) is 17.6. The van der Waals surface area contributed by atoms with E-state index >= 15 is 0 Å². The summed E-state index contributed by atoms with van der Waals surface area (Å²) in [6.07, 6.45) is 6.58. The maximum atomic E-state index is 5.50. The lowest BCUT2D eigenvalue weighted by Crippen LogP contribution is -2.12. The quantitative estimate of drug-likeness (QED) is 0.0405. The zero-order valence-corrected chi connectivity index (χ0v) is 82.1. The average molecular weight is 1870 g/mol. The third kappa shape index (κ3) is 24.6. The molecular formula is C132H117N7O4. The minimum absolute atomic E-state index is 0.818. The summed E-state index contributed by atoms with van der Waals surface area (Å²) in [5, 5.41) is 0. The van der Waals surface area contributed by atoms with Crippen LogP contribution in [0, 0.1) is 13.8 Å². The number of rotatable bonds is 30. The van der Waals surface area contributed by atoms with Gasteiger partial charge in [-0.3, -0.25) is 0 Å². The van der Waals surface area contributed by atoms with Gasteiger partial charge in [-0.05, 0) is 350 Å². The predicted molar refractivity (Wildman–Crippen MR) is 604 cm³/mol. The van der Waals surface area contributed by atoms with Crippen LogP contribution in [0.15, 0.2) is 528 Å². The highest BCUT2D eigenvalue weighted by Crippen LogP contribution is 2.46. The van der Waals surface area contributed by atoms with Crippen molar-refractivity contribution in [2.45, 2.75) is 40.5 Å². The number of hydrogen-bond donors (Lipinski definition) is 0. The summed E-state index contributed by atoms with van der Waals surface area (Å²) >= 11 is 0. The van der Waals surface area contributed by atoms with Gasteiger partial charge in [-0.15, -0.1) is 0 Å². The normalized spacial score (nSPS) is 10.7. The molecule has 704 valence electrons. The molecule has 11 heteroatoms. The molecule has 11 nitrogen and oxygen atoms in total. The Morgan fingerprint density at radius 3 is 0.636 bits per heavy atom. The average Bonchev–Trinajstić information content (AvgIpc) is 0.797. The molecule has 0 bridgehead atoms. The molecular weight excluding hydrogens is 1750 g/mol. The summed E-state index contributed by atoms with van der Waals surface area (Å²) in [4.78, 5) is 15.8. The third-order valence-corrected chi connectivity index (χ3v) is 24.8. The van der Waals surface area contributed by atoms with Crippen molar-refractivity contribution in [3.8, 4) is 34.1 Å². The zero-order chi connectivity index (χ0) is 98.3. The van der Waals surface area contributed by atoms with E-state index in [1.165, 1.54) is 33.4 Å². The van der Waals surface area contributed by atoms with E-state index in [-0.39, 0.29) is 0 Å². The molecule has 0 fully saturated rings. The van der Waals surface area contributed by atoms with Crippen LogP contribution >= 0.6 is 0 Å². The van der Waals surface area contributed by atoms with Crippen molar-refractivity contribution in [2.24, 2.45) is 0 Å². The van der Waals surface area contributed by atoms with E-state index in [0.29, 0.717) is 0 Å². The number of hydrogen-bond acceptors (Lipinski definition) is 11. The number of methoxy groups -OCH3 is 4. The fraction of sp³-hybridized carbons (Fsp3) is 0.0758. The topological polar surface area (TPSA) is 59.6 Å². The maximum absolute atomic E-state index is 5.50. The van der Waals surface area contributed by atoms with Crippen molar-refractivity contribution in [3.63, 3.8) is 0 Å². The number of aryl methyl sites for hydroxylation is 4. The molecule has 0 spiro atoms. The Morgan fingerprint density at radius 1 is 0.175 bits per heavy atom. The van der Waals surface area contributed by atoms with Crippen molar-refractivity contribution in [3.05, 3.63) is 561 Å². The fourth-order valence-corrected chi connectivity index (χ4v) is 17.6. The van der Waals surface area contributed by atoms with Crippen LogP contribution in [0.1, 0.15) is 47.2 Å². The summed E-state index contributed by atoms with van der Waals surface area (Å²) < 4.78 is 21.8. The Bertz CT molecular complexity index is 6980. The Morgan fingerprint density at radius 2 is 0.392 bits per heavy atom. The Balaban J connectivity index is 0.000000132. The number of ether oxygens (including phenoxy) is 4. The Hall–Kier alpha value is -18.1. The van der Waals surface area contributed by atoms with Gasteiger partial charge in [0.25, 0.3) is 0 Å². The molecule has 0 atom stereocenters. The molecule has 0 saturated heterocycles. The van der Waals surface area contributed by atoms with Crippen molar-refractivity contribution in [1.82, 2.24) is 0 Å². The van der Waals surface area contributed by atoms with Crippen molar-refractivity contribution >= 4 is 132 Å². The molecule has 20 aromatic rings. The number of para-hydroxylation sites is 8. The van der Waals surface area contributed by atoms with E-state index in [1.807, 2.05) is 84.9 Å². The molecule has 0 N–H and O–H groups in total. The van der Waals surface area contributed by atoms with E-state index in [1.54, 1.807) is 28.4 Å². The highest BCUT2D eigenvalue weighted by molar-refractivity contribution is 5.87. The van der Waals surface area contributed by atoms with Crippen molar-refractivity contribution < 1.29 is 18.9 Å². The first-order valence-corrected chi connectivity index (χ1v) is 48.5. The second-order valence-corrected chi connectivity index (χ2v) is 34.3. The highest BCUT2D eigenvalue weighted by atomic mass is 16.5. The molecule has 0 aliphatic carbocycles. The molecule has 0 radical (unpaired) electrons. The van der Waals surface area contributed by atoms with Crippen LogP contribution in [0.2, 0.25) is 0 Å². The molecule has 0 heterocycles. The van der Waals surface area contributed by atoms with Crippen LogP contribution in [0.25, 0.3) is 23.3 Å². The highest BCUT2D eigenvalue weighted by Gasteiger charge is 2.23. The van der Waals surface area contributed by atoms with Crippen LogP contribution in [-0.4, -0.2) is 28.4 Å². The first-order chi connectivity index (χ1) is 70.5. The van der Waals surface area contributed by atoms with Gasteiger partial charge in [-0.25, -0.2) is 0 Å². The smallest absolute Gasteiger partial charge is 0.120 e. The minimum atomic E-state index is 0.818. The molecule has 20 rings (SSSR count). The van der Waals surface area contributed by atoms with E-state index in [4.69, 9.17) is 18.9 Å². The summed E-state index contributed by atoms with van der Waals surface area (Å²) in [6.45, 7) is 8.69. The van der Waals surface area contributed by atoms with Gasteiger partial charge in [0.1, 0.15) is 23.0 Å². The lowest BCUT2D eigenvalue weighted by molar-refractivity contribution is 0.414. The second kappa shape index (κ2) is 48.3. The molecule has 0 saturated carbocycles. The minimum Gasteiger partial charge on any atom is -0.497 e. The maximum Gasteiger partial charge on any atom is 0.120 e. The summed E-state index contributed by atoms with van der Waals surface area (Å²) in [7, 11) is 6.76. The van der Waals surface area contributed by atoms with Gasteiger partial charge in [0.05, 0.1) is 28.4 Å². The first-order valence-electron chi connectivity index (χ1n) is 48.5. The first kappa shape index (κ1) is 96.6. The number of benzene rings is 20. The SMILES string of the molecule is CCc1ccc(CC)c(C=Cc2ccc(N(c3ccccc3)c3ccccc3)cc2)c1.COc1ccc(N(c2ccccc2)c2ccc(-c3ccc(N(c4ccccc4)c4ccc(OC)cc4)cc3)cc2)cc1.COc1cccc(N(c2ccccc2)c2ccc(N(c3ccccc3)c3cccc(OC)c3)cc2)c1.Cc1cccc(N(c2ccccc2)c2ccc(N(c3ccccc3)c3cccc(C)c3)cc2)c1. The second-order valence-electron chi connectivity index (χ2n) is 34.3. The van der Waals surface area contributed by atoms with Crippen LogP contribution in [0.5, 0.6) is 23.0 Å². The molecule has 0 unspecified atom stereocenters. The molecule has 0 amide bonds. The standard InChI is InChI=1S/C38H32N2O2.C32H28N2O2.C32H28N2.C30H29N/c1-41-37-25-21-35(22-26-37)39(31-9-5-3-6-10-31)33-17-13-29(14-18-33)30-15-19-34(20-16-30)40(32-11-7-4-8-12-32)36-23-27-38(42-2)28-24-36;1-35-31-17-9-15-29(23-31)33(25-11-5-3-6-12-25)27-19-21-28(22-20-27)34(26-13-7-4-8-14-26)30-16-10-18-32(24-30)36-2;1-25-11-9-17-31(23-25)33(27-13-5-3-6-14-27)29-19-21-30(22-20-29)34(28-15-7-4-8-16-28)32-18-10-12-26(2)24-32;1-3-24-15-19-26(4-2)27(23-24)20-16-25-17-21-30(22-18-25)31(28-11-7-5-8-12-28)29-13-9-6-10-14-29/h3-28H,1-2H3;3-24H,1-2H3;3-24H,1-2H3;5-23H,3-4H2,1-2H3. The lowest BCUT2D eigenvalue weighted by atomic mass is 9.99. The van der Waals surface area contributed by atoms with Crippen LogP contribution < -0.4 is 53.2 Å². The van der Waals surface area contributed by atoms with E-state index < -0.39 is 0 Å². The summed E-state index contributed by atoms with van der Waals surface area (Å²) in [5.74, 6) is 3.31. The molecule has 0 aliphatic rings. The van der Waals surface area contributed by atoms with E-state index in [9.17, 15) is 0 Å². The van der Waals surface area contributed by atoms with E-state index in [0.717, 1.165) is 166 Å². The van der Waals surface area contributed by atoms with Crippen molar-refractivity contribution in [2.75, 3.05) is 62.7 Å². The van der Waals surface area contributed by atoms with Gasteiger partial charge in [0.2, 0.25) is 0 Å². The van der Waals surface area contributed by atoms with Gasteiger partial charge < -0.3 is 53.2 Å². The molecule has 143 heavy (non-hydrogen) atoms. The lowest BCUT2D eigenvalue weighted by Gasteiger charge is -2.28. The Kier molecular flexibility index (Phi) is 32.6. The number of nitrogens with zero attached hydrogens (tertiary/aromatic N) is 7. The van der Waals surface area contributed by atoms with Gasteiger partial charge in [0.15, 0.2) is 0 Å². The van der Waals surface area contributed by atoms with Gasteiger partial charge >= 0.3 is 0 Å². The Labute approximate surface area is 843 Å². The van der Waals surface area contributed by atoms with Crippen molar-refractivity contribution in [1.29, 1.82) is 0 Å². The third-order valence-electron chi connectivity index (χ3n) is 24.8. The summed E-state index contributed by atoms with van der Waals surface area (Å²) in [6, 6.07) is 184. The monoisotopic (exact) mass is 1860 g/mol. The van der Waals surface area contributed by atoms with Gasteiger partial charge in [-0.1, -0.05) is 263 Å². The van der Waals surface area contributed by atoms with Crippen LogP contribution in [0.4, 0.5) is 119 Å². The van der Waals surface area contributed by atoms with E-state index in [2.05, 4.69) is 517 Å². The zero-order valence-electron chi connectivity index (χ0n) is 82.1. The van der Waals surface area contributed by atoms with Crippen LogP contribution in [0.3, 0.4) is 0 Å². The van der Waals surface area contributed by atoms with Gasteiger partial charge in [-0.2, -0.15) is 0 Å². The predicted octanol–water partition coefficient (Wildman–Crippen LogP) is 36.6. The van der Waals surface area contributed by atoms with Gasteiger partial charge in [0, 0.05) is 132 Å². The van der Waals surface area contributed by atoms with Crippen LogP contribution in [-0.2, 0) is 12.8 Å². The largest absolute Gasteiger partial charge is 0.497 e. The molecule has 0 aromatic heterocycles. The molecule has 0 aliphatic heterocycles.